The number of thiocarbonyl (C=S) groups is 1. The van der Waals surface area contributed by atoms with Gasteiger partial charge in [0, 0.05) is 24.9 Å². The molecule has 0 aliphatic carbocycles. The summed E-state index contributed by atoms with van der Waals surface area (Å²) >= 11 is 5.18. The van der Waals surface area contributed by atoms with Gasteiger partial charge in [0.15, 0.2) is 5.11 Å². The highest BCUT2D eigenvalue weighted by molar-refractivity contribution is 7.80. The number of rotatable bonds is 4. The molecule has 0 bridgehead atoms. The predicted molar refractivity (Wildman–Crippen MR) is 84.1 cm³/mol. The molecule has 0 unspecified atom stereocenters. The number of nitrogens with zero attached hydrogens (tertiary/aromatic N) is 3. The Hall–Kier alpha value is -2.48. The molecule has 1 heterocycles. The molecule has 110 valence electrons. The lowest BCUT2D eigenvalue weighted by Gasteiger charge is -2.10. The molecule has 1 aromatic heterocycles. The first-order valence-electron chi connectivity index (χ1n) is 6.24. The van der Waals surface area contributed by atoms with Crippen LogP contribution in [-0.4, -0.2) is 19.8 Å². The number of nitrogens with one attached hydrogen (secondary N) is 2. The van der Waals surface area contributed by atoms with E-state index in [0.717, 1.165) is 11.4 Å². The minimum atomic E-state index is -0.439. The standard InChI is InChI=1S/C13H15N5O2S/c1-9-7-12(17(2)16-9)8-14-13(21)15-10-3-5-11(6-4-10)18(19)20/h3-7H,8H2,1-2H3,(H2,14,15,21). The average molecular weight is 305 g/mol. The molecule has 0 atom stereocenters. The van der Waals surface area contributed by atoms with Gasteiger partial charge in [0.1, 0.15) is 0 Å². The first-order chi connectivity index (χ1) is 9.95. The maximum absolute atomic E-state index is 10.6. The van der Waals surface area contributed by atoms with Gasteiger partial charge in [-0.25, -0.2) is 0 Å². The fraction of sp³-hybridized carbons (Fsp3) is 0.231. The normalized spacial score (nSPS) is 10.2. The van der Waals surface area contributed by atoms with Crippen LogP contribution in [0.15, 0.2) is 30.3 Å². The molecule has 0 aliphatic rings. The lowest BCUT2D eigenvalue weighted by Crippen LogP contribution is -2.28. The molecule has 21 heavy (non-hydrogen) atoms. The van der Waals surface area contributed by atoms with Crippen LogP contribution >= 0.6 is 12.2 Å². The number of aryl methyl sites for hydroxylation is 2. The topological polar surface area (TPSA) is 85.0 Å². The van der Waals surface area contributed by atoms with Crippen molar-refractivity contribution in [2.45, 2.75) is 13.5 Å². The van der Waals surface area contributed by atoms with Crippen LogP contribution in [-0.2, 0) is 13.6 Å². The summed E-state index contributed by atoms with van der Waals surface area (Å²) in [7, 11) is 1.87. The van der Waals surface area contributed by atoms with Crippen molar-refractivity contribution in [1.82, 2.24) is 15.1 Å². The lowest BCUT2D eigenvalue weighted by molar-refractivity contribution is -0.384. The predicted octanol–water partition coefficient (Wildman–Crippen LogP) is 2.12. The molecule has 8 heteroatoms. The zero-order chi connectivity index (χ0) is 15.4. The van der Waals surface area contributed by atoms with Gasteiger partial charge in [0.05, 0.1) is 22.9 Å². The molecule has 2 aromatic rings. The molecular formula is C13H15N5O2S. The van der Waals surface area contributed by atoms with Crippen LogP contribution in [0.25, 0.3) is 0 Å². The van der Waals surface area contributed by atoms with E-state index in [1.807, 2.05) is 20.0 Å². The van der Waals surface area contributed by atoms with Crippen molar-refractivity contribution in [2.75, 3.05) is 5.32 Å². The van der Waals surface area contributed by atoms with E-state index in [1.165, 1.54) is 12.1 Å². The van der Waals surface area contributed by atoms with E-state index in [9.17, 15) is 10.1 Å². The van der Waals surface area contributed by atoms with Crippen LogP contribution < -0.4 is 10.6 Å². The van der Waals surface area contributed by atoms with Crippen LogP contribution in [0.4, 0.5) is 11.4 Å². The summed E-state index contributed by atoms with van der Waals surface area (Å²) in [6.45, 7) is 2.48. The third kappa shape index (κ3) is 3.99. The molecule has 0 amide bonds. The van der Waals surface area contributed by atoms with E-state index in [4.69, 9.17) is 12.2 Å². The second-order valence-electron chi connectivity index (χ2n) is 4.51. The highest BCUT2D eigenvalue weighted by atomic mass is 32.1. The molecule has 2 N–H and O–H groups in total. The van der Waals surface area contributed by atoms with Crippen molar-refractivity contribution in [3.8, 4) is 0 Å². The summed E-state index contributed by atoms with van der Waals surface area (Å²) in [6.07, 6.45) is 0. The Morgan fingerprint density at radius 3 is 2.62 bits per heavy atom. The molecular weight excluding hydrogens is 290 g/mol. The van der Waals surface area contributed by atoms with Crippen molar-refractivity contribution >= 4 is 28.7 Å². The van der Waals surface area contributed by atoms with Crippen molar-refractivity contribution in [1.29, 1.82) is 0 Å². The Kier molecular flexibility index (Phi) is 4.49. The van der Waals surface area contributed by atoms with Crippen LogP contribution in [0.2, 0.25) is 0 Å². The number of hydrogen-bond donors (Lipinski definition) is 2. The highest BCUT2D eigenvalue weighted by Crippen LogP contribution is 2.15. The van der Waals surface area contributed by atoms with Crippen molar-refractivity contribution in [2.24, 2.45) is 7.05 Å². The monoisotopic (exact) mass is 305 g/mol. The lowest BCUT2D eigenvalue weighted by atomic mass is 10.3. The van der Waals surface area contributed by atoms with Gasteiger partial charge >= 0.3 is 0 Å². The minimum Gasteiger partial charge on any atom is -0.357 e. The summed E-state index contributed by atoms with van der Waals surface area (Å²) in [4.78, 5) is 10.1. The Morgan fingerprint density at radius 1 is 1.43 bits per heavy atom. The first-order valence-corrected chi connectivity index (χ1v) is 6.65. The number of non-ortho nitro benzene ring substituents is 1. The number of aromatic nitrogens is 2. The summed E-state index contributed by atoms with van der Waals surface area (Å²) < 4.78 is 1.79. The maximum atomic E-state index is 10.6. The highest BCUT2D eigenvalue weighted by Gasteiger charge is 2.06. The van der Waals surface area contributed by atoms with Crippen molar-refractivity contribution in [3.63, 3.8) is 0 Å². The van der Waals surface area contributed by atoms with Gasteiger partial charge in [0.25, 0.3) is 5.69 Å². The Bertz CT molecular complexity index is 666. The van der Waals surface area contributed by atoms with E-state index in [1.54, 1.807) is 16.8 Å². The third-order valence-corrected chi connectivity index (χ3v) is 3.11. The van der Waals surface area contributed by atoms with E-state index in [0.29, 0.717) is 17.3 Å². The molecule has 0 saturated heterocycles. The molecule has 0 spiro atoms. The number of benzene rings is 1. The zero-order valence-corrected chi connectivity index (χ0v) is 12.5. The minimum absolute atomic E-state index is 0.0461. The van der Waals surface area contributed by atoms with E-state index < -0.39 is 4.92 Å². The number of nitro benzene ring substituents is 1. The van der Waals surface area contributed by atoms with E-state index in [2.05, 4.69) is 15.7 Å². The molecule has 1 aromatic carbocycles. The molecule has 2 rings (SSSR count). The van der Waals surface area contributed by atoms with Gasteiger partial charge < -0.3 is 10.6 Å². The quantitative estimate of drug-likeness (QED) is 0.511. The summed E-state index contributed by atoms with van der Waals surface area (Å²) in [5.74, 6) is 0. The van der Waals surface area contributed by atoms with E-state index in [-0.39, 0.29) is 5.69 Å². The van der Waals surface area contributed by atoms with Gasteiger partial charge in [0.2, 0.25) is 0 Å². The Labute approximate surface area is 127 Å². The summed E-state index contributed by atoms with van der Waals surface area (Å²) in [5.41, 5.74) is 2.70. The zero-order valence-electron chi connectivity index (χ0n) is 11.7. The molecule has 0 aliphatic heterocycles. The maximum Gasteiger partial charge on any atom is 0.269 e. The Morgan fingerprint density at radius 2 is 2.10 bits per heavy atom. The second kappa shape index (κ2) is 6.31. The smallest absolute Gasteiger partial charge is 0.269 e. The van der Waals surface area contributed by atoms with E-state index >= 15 is 0 Å². The summed E-state index contributed by atoms with van der Waals surface area (Å²) in [5, 5.41) is 21.3. The van der Waals surface area contributed by atoms with Crippen molar-refractivity contribution < 1.29 is 4.92 Å². The van der Waals surface area contributed by atoms with Crippen molar-refractivity contribution in [3.05, 3.63) is 51.8 Å². The molecule has 0 fully saturated rings. The fourth-order valence-corrected chi connectivity index (χ4v) is 2.03. The third-order valence-electron chi connectivity index (χ3n) is 2.86. The summed E-state index contributed by atoms with van der Waals surface area (Å²) in [6, 6.07) is 8.05. The first kappa shape index (κ1) is 14.9. The molecule has 7 nitrogen and oxygen atoms in total. The van der Waals surface area contributed by atoms with Crippen LogP contribution in [0.5, 0.6) is 0 Å². The SMILES string of the molecule is Cc1cc(CNC(=S)Nc2ccc([N+](=O)[O-])cc2)n(C)n1. The largest absolute Gasteiger partial charge is 0.357 e. The van der Waals surface area contributed by atoms with Crippen LogP contribution in [0, 0.1) is 17.0 Å². The van der Waals surface area contributed by atoms with Gasteiger partial charge in [-0.05, 0) is 37.3 Å². The fourth-order valence-electron chi connectivity index (χ4n) is 1.84. The number of hydrogen-bond acceptors (Lipinski definition) is 4. The average Bonchev–Trinajstić information content (AvgIpc) is 2.75. The van der Waals surface area contributed by atoms with Gasteiger partial charge in [-0.15, -0.1) is 0 Å². The number of anilines is 1. The van der Waals surface area contributed by atoms with Crippen LogP contribution in [0.1, 0.15) is 11.4 Å². The van der Waals surface area contributed by atoms with Gasteiger partial charge in [-0.1, -0.05) is 0 Å². The van der Waals surface area contributed by atoms with Crippen LogP contribution in [0.3, 0.4) is 0 Å². The second-order valence-corrected chi connectivity index (χ2v) is 4.92. The molecule has 0 saturated carbocycles. The van der Waals surface area contributed by atoms with Gasteiger partial charge in [-0.3, -0.25) is 14.8 Å². The Balaban J connectivity index is 1.89. The number of nitro groups is 1. The van der Waals surface area contributed by atoms with Gasteiger partial charge in [-0.2, -0.15) is 5.10 Å². The molecule has 0 radical (unpaired) electrons.